The van der Waals surface area contributed by atoms with E-state index in [0.29, 0.717) is 12.0 Å². The molecule has 0 N–H and O–H groups in total. The average Bonchev–Trinajstić information content (AvgIpc) is 2.29. The highest BCUT2D eigenvalue weighted by Crippen LogP contribution is 2.59. The first-order valence-electron chi connectivity index (χ1n) is 6.58. The van der Waals surface area contributed by atoms with E-state index in [1.807, 2.05) is 13.0 Å². The summed E-state index contributed by atoms with van der Waals surface area (Å²) in [6.07, 6.45) is 9.33. The molecule has 0 spiro atoms. The number of hydrogen-bond donors (Lipinski definition) is 0. The molecule has 0 aromatic heterocycles. The van der Waals surface area contributed by atoms with Gasteiger partial charge in [0.25, 0.3) is 0 Å². The van der Waals surface area contributed by atoms with Crippen molar-refractivity contribution in [3.05, 3.63) is 23.8 Å². The van der Waals surface area contributed by atoms with Crippen molar-refractivity contribution in [2.24, 2.45) is 17.3 Å². The van der Waals surface area contributed by atoms with Crippen LogP contribution in [0.15, 0.2) is 23.8 Å². The molecule has 1 saturated carbocycles. The summed E-state index contributed by atoms with van der Waals surface area (Å²) in [6, 6.07) is 0. The second kappa shape index (κ2) is 4.67. The van der Waals surface area contributed by atoms with E-state index < -0.39 is 0 Å². The van der Waals surface area contributed by atoms with Gasteiger partial charge in [0.1, 0.15) is 0 Å². The maximum Gasteiger partial charge on any atom is 0.330 e. The van der Waals surface area contributed by atoms with Gasteiger partial charge in [-0.1, -0.05) is 31.6 Å². The Balaban J connectivity index is 1.88. The van der Waals surface area contributed by atoms with Crippen molar-refractivity contribution in [2.75, 3.05) is 6.61 Å². The lowest BCUT2D eigenvalue weighted by Crippen LogP contribution is -2.47. The number of fused-ring (bicyclic) bond motifs is 1. The van der Waals surface area contributed by atoms with Crippen LogP contribution >= 0.6 is 0 Å². The van der Waals surface area contributed by atoms with Crippen LogP contribution in [0.2, 0.25) is 0 Å². The maximum atomic E-state index is 11.2. The second-order valence-corrected chi connectivity index (χ2v) is 5.68. The van der Waals surface area contributed by atoms with E-state index in [0.717, 1.165) is 18.3 Å². The topological polar surface area (TPSA) is 26.3 Å². The Bertz CT molecular complexity index is 363. The fourth-order valence-corrected chi connectivity index (χ4v) is 3.19. The van der Waals surface area contributed by atoms with Crippen LogP contribution in [0.3, 0.4) is 0 Å². The Morgan fingerprint density at radius 2 is 2.35 bits per heavy atom. The van der Waals surface area contributed by atoms with Crippen molar-refractivity contribution in [2.45, 2.75) is 40.0 Å². The molecule has 0 heterocycles. The monoisotopic (exact) mass is 234 g/mol. The third-order valence-electron chi connectivity index (χ3n) is 4.48. The van der Waals surface area contributed by atoms with Crippen LogP contribution in [0.5, 0.6) is 0 Å². The van der Waals surface area contributed by atoms with E-state index in [4.69, 9.17) is 4.74 Å². The summed E-state index contributed by atoms with van der Waals surface area (Å²) >= 11 is 0. The summed E-state index contributed by atoms with van der Waals surface area (Å²) in [5.41, 5.74) is 1.99. The molecule has 0 saturated heterocycles. The van der Waals surface area contributed by atoms with Gasteiger partial charge in [0.2, 0.25) is 0 Å². The van der Waals surface area contributed by atoms with Gasteiger partial charge >= 0.3 is 5.97 Å². The lowest BCUT2D eigenvalue weighted by atomic mass is 9.48. The fraction of sp³-hybridized carbons (Fsp3) is 0.667. The van der Waals surface area contributed by atoms with Crippen LogP contribution in [0.4, 0.5) is 0 Å². The minimum absolute atomic E-state index is 0.227. The van der Waals surface area contributed by atoms with Gasteiger partial charge in [0, 0.05) is 6.08 Å². The standard InChI is InChI=1S/C15H22O2/c1-4-17-14(16)7-5-6-11-8-9-12-10-13(11)15(12,2)3/h5,7-8,12-13H,4,6,9-10H2,1-3H3/b7-5+/t12-,13-/m0/s1. The molecule has 17 heavy (non-hydrogen) atoms. The third kappa shape index (κ3) is 2.31. The molecule has 2 nitrogen and oxygen atoms in total. The molecule has 2 heteroatoms. The first-order chi connectivity index (χ1) is 8.05. The van der Waals surface area contributed by atoms with Crippen LogP contribution < -0.4 is 0 Å². The zero-order valence-corrected chi connectivity index (χ0v) is 11.0. The lowest BCUT2D eigenvalue weighted by Gasteiger charge is -2.56. The minimum atomic E-state index is -0.227. The van der Waals surface area contributed by atoms with Gasteiger partial charge in [-0.05, 0) is 43.4 Å². The highest BCUT2D eigenvalue weighted by Gasteiger charge is 2.50. The summed E-state index contributed by atoms with van der Waals surface area (Å²) in [5, 5.41) is 0. The van der Waals surface area contributed by atoms with Gasteiger partial charge in [-0.3, -0.25) is 0 Å². The summed E-state index contributed by atoms with van der Waals surface area (Å²) < 4.78 is 4.86. The van der Waals surface area contributed by atoms with Crippen LogP contribution in [-0.4, -0.2) is 12.6 Å². The Kier molecular flexibility index (Phi) is 3.41. The molecular weight excluding hydrogens is 212 g/mol. The molecule has 3 aliphatic carbocycles. The molecule has 0 amide bonds. The Morgan fingerprint density at radius 1 is 1.59 bits per heavy atom. The highest BCUT2D eigenvalue weighted by molar-refractivity contribution is 5.81. The quantitative estimate of drug-likeness (QED) is 0.423. The number of carbonyl (C=O) groups excluding carboxylic acids is 1. The first kappa shape index (κ1) is 12.4. The number of carbonyl (C=O) groups is 1. The van der Waals surface area contributed by atoms with Crippen molar-refractivity contribution in [1.29, 1.82) is 0 Å². The van der Waals surface area contributed by atoms with Gasteiger partial charge < -0.3 is 4.74 Å². The van der Waals surface area contributed by atoms with Crippen LogP contribution in [0.1, 0.15) is 40.0 Å². The average molecular weight is 234 g/mol. The lowest BCUT2D eigenvalue weighted by molar-refractivity contribution is -0.137. The zero-order chi connectivity index (χ0) is 12.5. The van der Waals surface area contributed by atoms with Crippen molar-refractivity contribution in [3.8, 4) is 0 Å². The Morgan fingerprint density at radius 3 is 2.94 bits per heavy atom. The molecule has 94 valence electrons. The number of rotatable bonds is 4. The summed E-state index contributed by atoms with van der Waals surface area (Å²) in [7, 11) is 0. The molecular formula is C15H22O2. The molecule has 0 aromatic rings. The van der Waals surface area contributed by atoms with Gasteiger partial charge in [-0.15, -0.1) is 0 Å². The van der Waals surface area contributed by atoms with Crippen LogP contribution in [0.25, 0.3) is 0 Å². The van der Waals surface area contributed by atoms with Crippen LogP contribution in [-0.2, 0) is 9.53 Å². The highest BCUT2D eigenvalue weighted by atomic mass is 16.5. The maximum absolute atomic E-state index is 11.2. The van der Waals surface area contributed by atoms with E-state index in [1.165, 1.54) is 18.4 Å². The molecule has 0 aromatic carbocycles. The SMILES string of the molecule is CCOC(=O)/C=C/CC1=CC[C@H]2C[C@@H]1C2(C)C. The molecule has 0 aliphatic heterocycles. The first-order valence-corrected chi connectivity index (χ1v) is 6.58. The van der Waals surface area contributed by atoms with Crippen LogP contribution in [0, 0.1) is 17.3 Å². The smallest absolute Gasteiger partial charge is 0.330 e. The molecule has 3 rings (SSSR count). The van der Waals surface area contributed by atoms with Crippen molar-refractivity contribution in [3.63, 3.8) is 0 Å². The summed E-state index contributed by atoms with van der Waals surface area (Å²) in [6.45, 7) is 7.01. The Hall–Kier alpha value is -1.05. The number of esters is 1. The van der Waals surface area contributed by atoms with E-state index >= 15 is 0 Å². The molecule has 3 aliphatic rings. The van der Waals surface area contributed by atoms with E-state index in [-0.39, 0.29) is 5.97 Å². The normalized spacial score (nSPS) is 29.7. The molecule has 2 atom stereocenters. The Labute approximate surface area is 104 Å². The van der Waals surface area contributed by atoms with Crippen molar-refractivity contribution in [1.82, 2.24) is 0 Å². The van der Waals surface area contributed by atoms with Crippen molar-refractivity contribution < 1.29 is 9.53 Å². The van der Waals surface area contributed by atoms with Gasteiger partial charge in [-0.2, -0.15) is 0 Å². The largest absolute Gasteiger partial charge is 0.463 e. The number of allylic oxidation sites excluding steroid dienone is 3. The van der Waals surface area contributed by atoms with Gasteiger partial charge in [-0.25, -0.2) is 4.79 Å². The van der Waals surface area contributed by atoms with Gasteiger partial charge in [0.15, 0.2) is 0 Å². The van der Waals surface area contributed by atoms with Crippen molar-refractivity contribution >= 4 is 5.97 Å². The molecule has 1 fully saturated rings. The minimum Gasteiger partial charge on any atom is -0.463 e. The van der Waals surface area contributed by atoms with E-state index in [9.17, 15) is 4.79 Å². The molecule has 2 bridgehead atoms. The number of hydrogen-bond acceptors (Lipinski definition) is 2. The number of ether oxygens (including phenoxy) is 1. The summed E-state index contributed by atoms with van der Waals surface area (Å²) in [4.78, 5) is 11.2. The van der Waals surface area contributed by atoms with Gasteiger partial charge in [0.05, 0.1) is 6.61 Å². The van der Waals surface area contributed by atoms with E-state index in [2.05, 4.69) is 19.9 Å². The molecule has 0 unspecified atom stereocenters. The summed E-state index contributed by atoms with van der Waals surface area (Å²) in [5.74, 6) is 1.38. The molecule has 0 radical (unpaired) electrons. The zero-order valence-electron chi connectivity index (χ0n) is 11.0. The van der Waals surface area contributed by atoms with E-state index in [1.54, 1.807) is 6.08 Å². The predicted octanol–water partition coefficient (Wildman–Crippen LogP) is 3.49. The second-order valence-electron chi connectivity index (χ2n) is 5.68. The fourth-order valence-electron chi connectivity index (χ4n) is 3.19. The third-order valence-corrected chi connectivity index (χ3v) is 4.48. The predicted molar refractivity (Wildman–Crippen MR) is 68.5 cm³/mol.